The maximum Gasteiger partial charge on any atom is 0.407 e. The lowest BCUT2D eigenvalue weighted by Crippen LogP contribution is -2.44. The van der Waals surface area contributed by atoms with Crippen molar-refractivity contribution in [2.75, 3.05) is 13.1 Å². The van der Waals surface area contributed by atoms with Crippen LogP contribution in [-0.2, 0) is 4.79 Å². The van der Waals surface area contributed by atoms with E-state index in [0.29, 0.717) is 31.2 Å². The number of Topliss-reactive ketones (excluding diaryl/α,β-unsaturated/α-hetero) is 1. The van der Waals surface area contributed by atoms with Crippen molar-refractivity contribution in [1.29, 1.82) is 0 Å². The number of likely N-dealkylation sites (tertiary alicyclic amines) is 1. The summed E-state index contributed by atoms with van der Waals surface area (Å²) < 4.78 is 0. The van der Waals surface area contributed by atoms with E-state index in [1.165, 1.54) is 4.90 Å². The molecule has 1 N–H and O–H groups in total. The van der Waals surface area contributed by atoms with Gasteiger partial charge in [-0.15, -0.1) is 0 Å². The van der Waals surface area contributed by atoms with Gasteiger partial charge in [-0.3, -0.25) is 4.79 Å². The van der Waals surface area contributed by atoms with Gasteiger partial charge in [0.05, 0.1) is 0 Å². The first-order valence-electron chi connectivity index (χ1n) is 5.55. The van der Waals surface area contributed by atoms with E-state index in [4.69, 9.17) is 5.11 Å². The highest BCUT2D eigenvalue weighted by atomic mass is 16.4. The lowest BCUT2D eigenvalue weighted by Gasteiger charge is -2.37. The molecule has 1 saturated heterocycles. The molecule has 1 heterocycles. The van der Waals surface area contributed by atoms with Crippen LogP contribution in [0, 0.1) is 11.3 Å². The van der Waals surface area contributed by atoms with E-state index in [-0.39, 0.29) is 5.41 Å². The van der Waals surface area contributed by atoms with Gasteiger partial charge in [-0.25, -0.2) is 4.79 Å². The third-order valence-electron chi connectivity index (χ3n) is 3.86. The van der Waals surface area contributed by atoms with Gasteiger partial charge in [0.25, 0.3) is 0 Å². The first kappa shape index (κ1) is 10.5. The minimum Gasteiger partial charge on any atom is -0.465 e. The number of ketones is 1. The van der Waals surface area contributed by atoms with Crippen LogP contribution in [0.15, 0.2) is 0 Å². The molecule has 1 amide bonds. The molecule has 0 bridgehead atoms. The van der Waals surface area contributed by atoms with Crippen molar-refractivity contribution >= 4 is 11.9 Å². The van der Waals surface area contributed by atoms with Crippen LogP contribution in [0.1, 0.15) is 32.6 Å². The number of hydrogen-bond acceptors (Lipinski definition) is 2. The van der Waals surface area contributed by atoms with Crippen molar-refractivity contribution in [3.8, 4) is 0 Å². The summed E-state index contributed by atoms with van der Waals surface area (Å²) in [6.45, 7) is 3.15. The van der Waals surface area contributed by atoms with Gasteiger partial charge in [0.2, 0.25) is 0 Å². The summed E-state index contributed by atoms with van der Waals surface area (Å²) in [6.07, 6.45) is 2.24. The molecule has 1 atom stereocenters. The molecule has 4 heteroatoms. The minimum atomic E-state index is -0.858. The van der Waals surface area contributed by atoms with Gasteiger partial charge in [-0.1, -0.05) is 6.92 Å². The average molecular weight is 211 g/mol. The first-order chi connectivity index (χ1) is 7.03. The lowest BCUT2D eigenvalue weighted by atomic mass is 9.76. The highest BCUT2D eigenvalue weighted by molar-refractivity contribution is 5.87. The Morgan fingerprint density at radius 3 is 2.47 bits per heavy atom. The molecule has 2 fully saturated rings. The molecule has 1 aliphatic carbocycles. The van der Waals surface area contributed by atoms with Crippen molar-refractivity contribution in [2.24, 2.45) is 11.3 Å². The van der Waals surface area contributed by atoms with Crippen LogP contribution in [0.4, 0.5) is 4.79 Å². The Morgan fingerprint density at radius 1 is 1.47 bits per heavy atom. The van der Waals surface area contributed by atoms with Crippen LogP contribution in [0.2, 0.25) is 0 Å². The van der Waals surface area contributed by atoms with E-state index in [0.717, 1.165) is 19.3 Å². The monoisotopic (exact) mass is 211 g/mol. The minimum absolute atomic E-state index is 0.175. The molecule has 15 heavy (non-hydrogen) atoms. The number of piperidine rings is 1. The van der Waals surface area contributed by atoms with Crippen molar-refractivity contribution < 1.29 is 14.7 Å². The van der Waals surface area contributed by atoms with E-state index in [9.17, 15) is 9.59 Å². The van der Waals surface area contributed by atoms with Crippen molar-refractivity contribution in [2.45, 2.75) is 32.6 Å². The third-order valence-corrected chi connectivity index (χ3v) is 3.86. The van der Waals surface area contributed by atoms with Gasteiger partial charge in [-0.05, 0) is 25.2 Å². The van der Waals surface area contributed by atoms with E-state index in [1.54, 1.807) is 0 Å². The van der Waals surface area contributed by atoms with E-state index in [1.807, 2.05) is 0 Å². The highest BCUT2D eigenvalue weighted by Crippen LogP contribution is 2.46. The fourth-order valence-corrected chi connectivity index (χ4v) is 3.00. The fraction of sp³-hybridized carbons (Fsp3) is 0.818. The number of carbonyl (C=O) groups excluding carboxylic acids is 1. The second-order valence-electron chi connectivity index (χ2n) is 4.99. The molecule has 84 valence electrons. The number of rotatable bonds is 0. The Kier molecular flexibility index (Phi) is 2.44. The number of hydrogen-bond donors (Lipinski definition) is 1. The summed E-state index contributed by atoms with van der Waals surface area (Å²) in [5.41, 5.74) is -0.175. The molecule has 1 aliphatic heterocycles. The van der Waals surface area contributed by atoms with E-state index < -0.39 is 6.09 Å². The van der Waals surface area contributed by atoms with E-state index >= 15 is 0 Å². The van der Waals surface area contributed by atoms with Crippen LogP contribution in [0.25, 0.3) is 0 Å². The summed E-state index contributed by atoms with van der Waals surface area (Å²) in [4.78, 5) is 24.0. The molecule has 2 aliphatic rings. The largest absolute Gasteiger partial charge is 0.465 e. The molecular weight excluding hydrogens is 194 g/mol. The average Bonchev–Trinajstić information content (AvgIpc) is 2.42. The molecule has 0 radical (unpaired) electrons. The van der Waals surface area contributed by atoms with Gasteiger partial charge in [-0.2, -0.15) is 0 Å². The maximum atomic E-state index is 11.9. The zero-order valence-electron chi connectivity index (χ0n) is 9.03. The summed E-state index contributed by atoms with van der Waals surface area (Å²) >= 11 is 0. The Bertz CT molecular complexity index is 292. The first-order valence-corrected chi connectivity index (χ1v) is 5.55. The van der Waals surface area contributed by atoms with E-state index in [2.05, 4.69) is 6.92 Å². The lowest BCUT2D eigenvalue weighted by molar-refractivity contribution is -0.128. The SMILES string of the molecule is CC1CC(=O)C2(CCN(C(=O)O)CC2)C1. The molecule has 2 rings (SSSR count). The standard InChI is InChI=1S/C11H17NO3/c1-8-6-9(13)11(7-8)2-4-12(5-3-11)10(14)15/h8H,2-7H2,1H3,(H,14,15). The van der Waals surface area contributed by atoms with Gasteiger partial charge in [0.15, 0.2) is 0 Å². The molecule has 1 unspecified atom stereocenters. The zero-order valence-corrected chi connectivity index (χ0v) is 9.03. The van der Waals surface area contributed by atoms with Crippen LogP contribution in [-0.4, -0.2) is 35.0 Å². The van der Waals surface area contributed by atoms with Crippen molar-refractivity contribution in [1.82, 2.24) is 4.90 Å². The summed E-state index contributed by atoms with van der Waals surface area (Å²) in [5.74, 6) is 0.842. The van der Waals surface area contributed by atoms with Crippen LogP contribution in [0.3, 0.4) is 0 Å². The number of amides is 1. The molecule has 0 aromatic carbocycles. The Morgan fingerprint density at radius 2 is 2.07 bits per heavy atom. The Hall–Kier alpha value is -1.06. The van der Waals surface area contributed by atoms with Gasteiger partial charge in [0.1, 0.15) is 5.78 Å². The van der Waals surface area contributed by atoms with Crippen LogP contribution < -0.4 is 0 Å². The van der Waals surface area contributed by atoms with Crippen molar-refractivity contribution in [3.63, 3.8) is 0 Å². The second-order valence-corrected chi connectivity index (χ2v) is 4.99. The topological polar surface area (TPSA) is 57.6 Å². The summed E-state index contributed by atoms with van der Waals surface area (Å²) in [6, 6.07) is 0. The molecule has 1 spiro atoms. The number of nitrogens with zero attached hydrogens (tertiary/aromatic N) is 1. The predicted octanol–water partition coefficient (Wildman–Crippen LogP) is 1.75. The number of carbonyl (C=O) groups is 2. The fourth-order valence-electron chi connectivity index (χ4n) is 3.00. The van der Waals surface area contributed by atoms with Crippen molar-refractivity contribution in [3.05, 3.63) is 0 Å². The molecule has 4 nitrogen and oxygen atoms in total. The smallest absolute Gasteiger partial charge is 0.407 e. The number of carboxylic acid groups (broad SMARTS) is 1. The summed E-state index contributed by atoms with van der Waals surface area (Å²) in [7, 11) is 0. The predicted molar refractivity (Wildman–Crippen MR) is 54.7 cm³/mol. The summed E-state index contributed by atoms with van der Waals surface area (Å²) in [5, 5.41) is 8.83. The van der Waals surface area contributed by atoms with Gasteiger partial charge in [0, 0.05) is 24.9 Å². The third kappa shape index (κ3) is 1.73. The normalized spacial score (nSPS) is 29.8. The Balaban J connectivity index is 2.03. The second kappa shape index (κ2) is 3.51. The van der Waals surface area contributed by atoms with Gasteiger partial charge >= 0.3 is 6.09 Å². The highest BCUT2D eigenvalue weighted by Gasteiger charge is 2.47. The van der Waals surface area contributed by atoms with Crippen LogP contribution in [0.5, 0.6) is 0 Å². The molecule has 0 aromatic heterocycles. The molecule has 0 aromatic rings. The van der Waals surface area contributed by atoms with Gasteiger partial charge < -0.3 is 10.0 Å². The Labute approximate surface area is 89.3 Å². The zero-order chi connectivity index (χ0) is 11.1. The van der Waals surface area contributed by atoms with Crippen LogP contribution >= 0.6 is 0 Å². The molecular formula is C11H17NO3. The quantitative estimate of drug-likeness (QED) is 0.664. The molecule has 1 saturated carbocycles. The maximum absolute atomic E-state index is 11.9.